The molecule has 1 heterocycles. The molecule has 0 bridgehead atoms. The van der Waals surface area contributed by atoms with Gasteiger partial charge in [-0.25, -0.2) is 4.39 Å². The molecule has 17 heavy (non-hydrogen) atoms. The molecule has 2 aromatic rings. The Morgan fingerprint density at radius 3 is 2.76 bits per heavy atom. The molecule has 0 aliphatic heterocycles. The molecule has 3 N–H and O–H groups in total. The van der Waals surface area contributed by atoms with E-state index in [9.17, 15) is 9.18 Å². The maximum atomic E-state index is 12.9. The van der Waals surface area contributed by atoms with Gasteiger partial charge < -0.3 is 11.1 Å². The number of anilines is 2. The molecule has 0 radical (unpaired) electrons. The summed E-state index contributed by atoms with van der Waals surface area (Å²) < 4.78 is 12.9. The van der Waals surface area contributed by atoms with Crippen molar-refractivity contribution in [2.24, 2.45) is 0 Å². The zero-order valence-corrected chi connectivity index (χ0v) is 9.98. The summed E-state index contributed by atoms with van der Waals surface area (Å²) in [5.74, 6) is -0.696. The van der Waals surface area contributed by atoms with Crippen molar-refractivity contribution < 1.29 is 9.18 Å². The van der Waals surface area contributed by atoms with E-state index in [1.54, 1.807) is 0 Å². The number of nitrogens with two attached hydrogens (primary N) is 1. The van der Waals surface area contributed by atoms with E-state index in [-0.39, 0.29) is 11.6 Å². The molecule has 88 valence electrons. The summed E-state index contributed by atoms with van der Waals surface area (Å²) >= 11 is 1.37. The number of hydrogen-bond donors (Lipinski definition) is 2. The van der Waals surface area contributed by atoms with E-state index < -0.39 is 5.82 Å². The van der Waals surface area contributed by atoms with E-state index in [2.05, 4.69) is 5.32 Å². The Hall–Kier alpha value is -1.88. The van der Waals surface area contributed by atoms with Gasteiger partial charge in [0, 0.05) is 5.69 Å². The Labute approximate surface area is 102 Å². The number of nitrogens with one attached hydrogen (secondary N) is 1. The molecule has 1 amide bonds. The zero-order valence-electron chi connectivity index (χ0n) is 9.16. The number of amides is 1. The number of aryl methyl sites for hydroxylation is 1. The standard InChI is InChI=1S/C12H11FN2OS/c1-7-4-5-17-11(7)12(16)15-8-2-3-9(13)10(14)6-8/h2-6H,14H2,1H3,(H,15,16). The molecule has 0 aliphatic rings. The number of thiophene rings is 1. The summed E-state index contributed by atoms with van der Waals surface area (Å²) in [5.41, 5.74) is 6.85. The molecule has 1 aromatic heterocycles. The van der Waals surface area contributed by atoms with Crippen LogP contribution in [-0.4, -0.2) is 5.91 Å². The molecule has 0 atom stereocenters. The summed E-state index contributed by atoms with van der Waals surface area (Å²) in [5, 5.41) is 4.53. The minimum Gasteiger partial charge on any atom is -0.396 e. The highest BCUT2D eigenvalue weighted by Gasteiger charge is 2.11. The number of hydrogen-bond acceptors (Lipinski definition) is 3. The summed E-state index contributed by atoms with van der Waals surface area (Å²) in [6, 6.07) is 5.98. The van der Waals surface area contributed by atoms with Crippen molar-refractivity contribution in [1.82, 2.24) is 0 Å². The lowest BCUT2D eigenvalue weighted by molar-refractivity contribution is 0.103. The van der Waals surface area contributed by atoms with E-state index in [1.807, 2.05) is 18.4 Å². The fourth-order valence-corrected chi connectivity index (χ4v) is 2.23. The highest BCUT2D eigenvalue weighted by atomic mass is 32.1. The molecule has 2 rings (SSSR count). The largest absolute Gasteiger partial charge is 0.396 e. The Morgan fingerprint density at radius 1 is 1.41 bits per heavy atom. The summed E-state index contributed by atoms with van der Waals surface area (Å²) in [7, 11) is 0. The lowest BCUT2D eigenvalue weighted by atomic mass is 10.2. The first-order chi connectivity index (χ1) is 8.08. The summed E-state index contributed by atoms with van der Waals surface area (Å²) in [6.07, 6.45) is 0. The lowest BCUT2D eigenvalue weighted by Crippen LogP contribution is -2.11. The predicted octanol–water partition coefficient (Wildman–Crippen LogP) is 3.03. The molecule has 0 spiro atoms. The number of carbonyl (C=O) groups is 1. The number of carbonyl (C=O) groups excluding carboxylic acids is 1. The van der Waals surface area contributed by atoms with Crippen molar-refractivity contribution in [1.29, 1.82) is 0 Å². The first-order valence-electron chi connectivity index (χ1n) is 4.98. The molecule has 0 unspecified atom stereocenters. The molecule has 0 saturated carbocycles. The average Bonchev–Trinajstić information content (AvgIpc) is 2.70. The minimum atomic E-state index is -0.490. The Balaban J connectivity index is 2.19. The molecule has 0 saturated heterocycles. The van der Waals surface area contributed by atoms with E-state index in [1.165, 1.54) is 29.5 Å². The van der Waals surface area contributed by atoms with Crippen LogP contribution in [0.2, 0.25) is 0 Å². The molecule has 1 aromatic carbocycles. The second-order valence-corrected chi connectivity index (χ2v) is 4.54. The minimum absolute atomic E-state index is 0.0192. The van der Waals surface area contributed by atoms with Crippen LogP contribution in [0.15, 0.2) is 29.6 Å². The van der Waals surface area contributed by atoms with Crippen molar-refractivity contribution >= 4 is 28.6 Å². The third-order valence-corrected chi connectivity index (χ3v) is 3.34. The SMILES string of the molecule is Cc1ccsc1C(=O)Nc1ccc(F)c(N)c1. The Kier molecular flexibility index (Phi) is 3.10. The van der Waals surface area contributed by atoms with Crippen molar-refractivity contribution in [3.63, 3.8) is 0 Å². The number of nitrogen functional groups attached to an aromatic ring is 1. The van der Waals surface area contributed by atoms with Crippen LogP contribution in [0, 0.1) is 12.7 Å². The normalized spacial score (nSPS) is 10.2. The third-order valence-electron chi connectivity index (χ3n) is 2.32. The van der Waals surface area contributed by atoms with Gasteiger partial charge in [-0.15, -0.1) is 11.3 Å². The van der Waals surface area contributed by atoms with Crippen LogP contribution in [0.25, 0.3) is 0 Å². The van der Waals surface area contributed by atoms with Gasteiger partial charge in [0.1, 0.15) is 5.82 Å². The van der Waals surface area contributed by atoms with Gasteiger partial charge in [0.25, 0.3) is 5.91 Å². The zero-order chi connectivity index (χ0) is 12.4. The van der Waals surface area contributed by atoms with Crippen LogP contribution in [-0.2, 0) is 0 Å². The van der Waals surface area contributed by atoms with Crippen LogP contribution in [0.4, 0.5) is 15.8 Å². The predicted molar refractivity (Wildman–Crippen MR) is 67.8 cm³/mol. The van der Waals surface area contributed by atoms with Gasteiger partial charge in [-0.1, -0.05) is 0 Å². The van der Waals surface area contributed by atoms with Crippen molar-refractivity contribution in [3.05, 3.63) is 45.9 Å². The second kappa shape index (κ2) is 4.55. The molecular formula is C12H11FN2OS. The fourth-order valence-electron chi connectivity index (χ4n) is 1.41. The van der Waals surface area contributed by atoms with E-state index in [4.69, 9.17) is 5.73 Å². The first kappa shape index (κ1) is 11.6. The molecule has 0 aliphatic carbocycles. The lowest BCUT2D eigenvalue weighted by Gasteiger charge is -2.05. The van der Waals surface area contributed by atoms with Gasteiger partial charge in [0.15, 0.2) is 0 Å². The van der Waals surface area contributed by atoms with Gasteiger partial charge in [-0.2, -0.15) is 0 Å². The average molecular weight is 250 g/mol. The highest BCUT2D eigenvalue weighted by molar-refractivity contribution is 7.12. The quantitative estimate of drug-likeness (QED) is 0.805. The second-order valence-electron chi connectivity index (χ2n) is 3.62. The monoisotopic (exact) mass is 250 g/mol. The van der Waals surface area contributed by atoms with Crippen LogP contribution < -0.4 is 11.1 Å². The maximum absolute atomic E-state index is 12.9. The van der Waals surface area contributed by atoms with Crippen molar-refractivity contribution in [2.45, 2.75) is 6.92 Å². The smallest absolute Gasteiger partial charge is 0.265 e. The van der Waals surface area contributed by atoms with Crippen LogP contribution in [0.1, 0.15) is 15.2 Å². The molecule has 0 fully saturated rings. The Morgan fingerprint density at radius 2 is 2.18 bits per heavy atom. The summed E-state index contributed by atoms with van der Waals surface area (Å²) in [4.78, 5) is 12.5. The highest BCUT2D eigenvalue weighted by Crippen LogP contribution is 2.20. The first-order valence-corrected chi connectivity index (χ1v) is 5.86. The third kappa shape index (κ3) is 2.45. The van der Waals surface area contributed by atoms with E-state index >= 15 is 0 Å². The van der Waals surface area contributed by atoms with E-state index in [0.29, 0.717) is 10.6 Å². The number of halogens is 1. The van der Waals surface area contributed by atoms with Crippen LogP contribution >= 0.6 is 11.3 Å². The number of rotatable bonds is 2. The molecule has 5 heteroatoms. The number of benzene rings is 1. The molecule has 3 nitrogen and oxygen atoms in total. The van der Waals surface area contributed by atoms with Gasteiger partial charge in [0.05, 0.1) is 10.6 Å². The van der Waals surface area contributed by atoms with Crippen LogP contribution in [0.5, 0.6) is 0 Å². The Bertz CT molecular complexity index is 565. The van der Waals surface area contributed by atoms with Gasteiger partial charge in [-0.3, -0.25) is 4.79 Å². The van der Waals surface area contributed by atoms with Gasteiger partial charge in [0.2, 0.25) is 0 Å². The van der Waals surface area contributed by atoms with Gasteiger partial charge >= 0.3 is 0 Å². The van der Waals surface area contributed by atoms with Crippen LogP contribution in [0.3, 0.4) is 0 Å². The van der Waals surface area contributed by atoms with Gasteiger partial charge in [-0.05, 0) is 42.1 Å². The van der Waals surface area contributed by atoms with Crippen molar-refractivity contribution in [2.75, 3.05) is 11.1 Å². The summed E-state index contributed by atoms with van der Waals surface area (Å²) in [6.45, 7) is 1.87. The maximum Gasteiger partial charge on any atom is 0.265 e. The van der Waals surface area contributed by atoms with Crippen molar-refractivity contribution in [3.8, 4) is 0 Å². The topological polar surface area (TPSA) is 55.1 Å². The van der Waals surface area contributed by atoms with E-state index in [0.717, 1.165) is 5.56 Å². The molecular weight excluding hydrogens is 239 g/mol. The fraction of sp³-hybridized carbons (Fsp3) is 0.0833.